The summed E-state index contributed by atoms with van der Waals surface area (Å²) >= 11 is 0. The first-order chi connectivity index (χ1) is 24.6. The first-order valence-corrected chi connectivity index (χ1v) is 18.9. The number of benzene rings is 2. The quantitative estimate of drug-likeness (QED) is 0.305. The minimum Gasteiger partial charge on any atom is -0.444 e. The molecule has 2 aromatic carbocycles. The fourth-order valence-electron chi connectivity index (χ4n) is 7.32. The van der Waals surface area contributed by atoms with Crippen molar-refractivity contribution in [3.05, 3.63) is 58.7 Å². The van der Waals surface area contributed by atoms with E-state index >= 15 is 0 Å². The van der Waals surface area contributed by atoms with E-state index < -0.39 is 102 Å². The zero-order valence-electron chi connectivity index (χ0n) is 32.2. The van der Waals surface area contributed by atoms with E-state index in [0.29, 0.717) is 12.8 Å². The molecule has 2 amide bonds. The van der Waals surface area contributed by atoms with Gasteiger partial charge in [0.05, 0.1) is 21.9 Å². The van der Waals surface area contributed by atoms with Gasteiger partial charge in [-0.3, -0.25) is 38.6 Å². The van der Waals surface area contributed by atoms with Crippen molar-refractivity contribution in [3.8, 4) is 0 Å². The van der Waals surface area contributed by atoms with Crippen molar-refractivity contribution in [1.82, 2.24) is 9.80 Å². The molecule has 2 aliphatic carbocycles. The Hall–Kier alpha value is -3.05. The molecule has 17 heteroatoms. The first kappa shape index (κ1) is 44.7. The Bertz CT molecular complexity index is 1990. The predicted octanol–water partition coefficient (Wildman–Crippen LogP) is 3.69. The second-order valence-electron chi connectivity index (χ2n) is 15.7. The van der Waals surface area contributed by atoms with Crippen LogP contribution in [0.15, 0.2) is 46.2 Å². The summed E-state index contributed by atoms with van der Waals surface area (Å²) in [6.45, 7) is 10.4. The number of nitrogens with zero attached hydrogens (tertiary/aromatic N) is 2. The van der Waals surface area contributed by atoms with Crippen molar-refractivity contribution in [2.24, 2.45) is 11.8 Å². The van der Waals surface area contributed by atoms with Gasteiger partial charge in [0.15, 0.2) is 34.7 Å². The minimum absolute atomic E-state index is 0. The topological polar surface area (TPSA) is 196 Å². The van der Waals surface area contributed by atoms with Crippen LogP contribution in [0.2, 0.25) is 0 Å². The van der Waals surface area contributed by atoms with Crippen LogP contribution in [0.25, 0.3) is 0 Å². The molecule has 0 bridgehead atoms. The van der Waals surface area contributed by atoms with E-state index in [2.05, 4.69) is 0 Å². The van der Waals surface area contributed by atoms with E-state index in [1.54, 1.807) is 41.5 Å². The Labute approximate surface area is 362 Å². The van der Waals surface area contributed by atoms with E-state index in [0.717, 1.165) is 36.4 Å². The Morgan fingerprint density at radius 3 is 1.24 bits per heavy atom. The number of hydrogen-bond acceptors (Lipinski definition) is 12. The van der Waals surface area contributed by atoms with Crippen LogP contribution in [0.5, 0.6) is 0 Å². The Kier molecular flexibility index (Phi) is 13.0. The molecule has 55 heavy (non-hydrogen) atoms. The number of rotatable bonds is 6. The van der Waals surface area contributed by atoms with Crippen molar-refractivity contribution in [2.45, 2.75) is 100 Å². The van der Waals surface area contributed by atoms with Crippen molar-refractivity contribution < 1.29 is 56.2 Å². The van der Waals surface area contributed by atoms with Gasteiger partial charge < -0.3 is 9.47 Å². The molecule has 0 aromatic heterocycles. The third-order valence-electron chi connectivity index (χ3n) is 9.70. The molecule has 2 saturated heterocycles. The predicted molar refractivity (Wildman–Crippen MR) is 196 cm³/mol. The smallest absolute Gasteiger partial charge is 0.410 e. The maximum absolute atomic E-state index is 13.9. The second-order valence-corrected chi connectivity index (χ2v) is 17.7. The fraction of sp³-hybridized carbons (Fsp3) is 0.474. The average molecular weight is 795 g/mol. The summed E-state index contributed by atoms with van der Waals surface area (Å²) in [6, 6.07) is 4.34. The van der Waals surface area contributed by atoms with Crippen molar-refractivity contribution in [3.63, 3.8) is 0 Å². The number of carbonyl (C=O) groups is 8. The molecule has 4 atom stereocenters. The molecule has 6 rings (SSSR count). The van der Waals surface area contributed by atoms with Crippen LogP contribution < -0.4 is 0 Å². The molecule has 4 aliphatic rings. The van der Waals surface area contributed by atoms with Crippen LogP contribution in [0.4, 0.5) is 9.59 Å². The van der Waals surface area contributed by atoms with Gasteiger partial charge in [-0.2, -0.15) is 0 Å². The summed E-state index contributed by atoms with van der Waals surface area (Å²) in [5.74, 6) is -8.48. The monoisotopic (exact) mass is 794 g/mol. The molecule has 0 saturated carbocycles. The third kappa shape index (κ3) is 8.35. The molecule has 2 radical (unpaired) electrons. The van der Waals surface area contributed by atoms with E-state index in [1.807, 2.05) is 0 Å². The van der Waals surface area contributed by atoms with Crippen molar-refractivity contribution in [2.75, 3.05) is 13.1 Å². The van der Waals surface area contributed by atoms with E-state index in [1.165, 1.54) is 9.80 Å². The molecule has 2 aromatic rings. The molecule has 2 fully saturated rings. The summed E-state index contributed by atoms with van der Waals surface area (Å²) in [4.78, 5) is 108. The number of ketones is 6. The van der Waals surface area contributed by atoms with Gasteiger partial charge in [0, 0.05) is 94.5 Å². The number of amides is 2. The number of hydrogen-bond donors (Lipinski definition) is 0. The van der Waals surface area contributed by atoms with Crippen molar-refractivity contribution >= 4 is 116 Å². The zero-order chi connectivity index (χ0) is 38.9. The summed E-state index contributed by atoms with van der Waals surface area (Å²) < 4.78 is 38.6. The van der Waals surface area contributed by atoms with Gasteiger partial charge >= 0.3 is 12.2 Å². The molecule has 2 aliphatic heterocycles. The van der Waals surface area contributed by atoms with Crippen LogP contribution in [-0.4, -0.2) is 161 Å². The Morgan fingerprint density at radius 2 is 0.909 bits per heavy atom. The summed E-state index contributed by atoms with van der Waals surface area (Å²) in [5, 5.41) is 0. The molecular formula is C38H40N2Na2O12S. The van der Waals surface area contributed by atoms with Crippen LogP contribution in [0.1, 0.15) is 109 Å². The molecular weight excluding hydrogens is 754 g/mol. The second kappa shape index (κ2) is 16.1. The van der Waals surface area contributed by atoms with Gasteiger partial charge in [0.25, 0.3) is 0 Å². The molecule has 14 nitrogen and oxygen atoms in total. The molecule has 0 spiro atoms. The summed E-state index contributed by atoms with van der Waals surface area (Å²) in [7, 11) is -4.48. The van der Waals surface area contributed by atoms with Crippen LogP contribution in [0.3, 0.4) is 0 Å². The SMILES string of the molecule is CC(C)(C)OC(=O)N1CCC[C@@H]1C(=O)C1C(=O)c2ccc(S(=O)(=O)c3ccc4c(c3)C(=O)C(C(=O)[C@H]3CCCN3C(=O)OC(C)(C)C)C4=O)cc2C1=O.[Na].[Na]. The average Bonchev–Trinajstić information content (AvgIpc) is 3.85. The summed E-state index contributed by atoms with van der Waals surface area (Å²) in [5.41, 5.74) is -2.52. The minimum atomic E-state index is -4.48. The van der Waals surface area contributed by atoms with Gasteiger partial charge in [0.2, 0.25) is 9.84 Å². The standard InChI is InChI=1S/C38H40N2O12S.2Na/c1-37(2,3)51-35(47)39-15-7-9-25(39)33(45)27-29(41)21-13-11-19(17-23(21)31(27)43)53(49,50)20-12-14-22-24(18-20)32(44)28(30(22)42)34(46)26-10-8-16-40(26)36(48)52-38(4,5)6;;/h11-14,17-18,25-28H,7-10,15-16H2,1-6H3;;/t25-,26-,27?,28?;;/m1../s1. The zero-order valence-corrected chi connectivity index (χ0v) is 37.0. The number of fused-ring (bicyclic) bond motifs is 2. The van der Waals surface area contributed by atoms with Crippen LogP contribution >= 0.6 is 0 Å². The number of ether oxygens (including phenoxy) is 2. The third-order valence-corrected chi connectivity index (χ3v) is 11.4. The maximum Gasteiger partial charge on any atom is 0.410 e. The van der Waals surface area contributed by atoms with E-state index in [-0.39, 0.29) is 107 Å². The van der Waals surface area contributed by atoms with Gasteiger partial charge in [-0.05, 0) is 104 Å². The number of likely N-dealkylation sites (tertiary alicyclic amines) is 2. The van der Waals surface area contributed by atoms with Gasteiger partial charge in [0.1, 0.15) is 23.0 Å². The first-order valence-electron chi connectivity index (χ1n) is 17.4. The molecule has 2 heterocycles. The van der Waals surface area contributed by atoms with E-state index in [4.69, 9.17) is 9.47 Å². The fourth-order valence-corrected chi connectivity index (χ4v) is 8.63. The Balaban J connectivity index is 0.00000336. The molecule has 2 unspecified atom stereocenters. The number of Topliss-reactive ketones (excluding diaryl/α,β-unsaturated/α-hetero) is 6. The van der Waals surface area contributed by atoms with E-state index in [9.17, 15) is 46.8 Å². The van der Waals surface area contributed by atoms with Crippen LogP contribution in [0, 0.1) is 11.8 Å². The van der Waals surface area contributed by atoms with Gasteiger partial charge in [-0.25, -0.2) is 18.0 Å². The number of carbonyl (C=O) groups excluding carboxylic acids is 8. The largest absolute Gasteiger partial charge is 0.444 e. The Morgan fingerprint density at radius 1 is 0.582 bits per heavy atom. The van der Waals surface area contributed by atoms with Gasteiger partial charge in [-0.15, -0.1) is 0 Å². The number of sulfone groups is 1. The normalized spacial score (nSPS) is 22.1. The molecule has 282 valence electrons. The molecule has 0 N–H and O–H groups in total. The maximum atomic E-state index is 13.9. The summed E-state index contributed by atoms with van der Waals surface area (Å²) in [6.07, 6.45) is -0.143. The van der Waals surface area contributed by atoms with Gasteiger partial charge in [-0.1, -0.05) is 0 Å². The van der Waals surface area contributed by atoms with Crippen molar-refractivity contribution in [1.29, 1.82) is 0 Å². The van der Waals surface area contributed by atoms with Crippen LogP contribution in [-0.2, 0) is 28.9 Å².